The van der Waals surface area contributed by atoms with E-state index < -0.39 is 21.5 Å². The summed E-state index contributed by atoms with van der Waals surface area (Å²) in [4.78, 5) is 24.0. The molecular weight excluding hydrogens is 580 g/mol. The van der Waals surface area contributed by atoms with Gasteiger partial charge < -0.3 is 10.6 Å². The fourth-order valence-corrected chi connectivity index (χ4v) is 7.55. The number of aromatic amines is 1. The van der Waals surface area contributed by atoms with Gasteiger partial charge in [0.25, 0.3) is 5.91 Å². The molecule has 7 rings (SSSR count). The molecular formula is C28H25F2N9O3S. The van der Waals surface area contributed by atoms with Gasteiger partial charge in [0.15, 0.2) is 15.5 Å². The van der Waals surface area contributed by atoms with Crippen LogP contribution in [-0.2, 0) is 9.84 Å². The highest BCUT2D eigenvalue weighted by molar-refractivity contribution is 7.91. The third-order valence-electron chi connectivity index (χ3n) is 8.33. The first-order valence-electron chi connectivity index (χ1n) is 13.6. The Kier molecular flexibility index (Phi) is 6.23. The molecule has 0 radical (unpaired) electrons. The molecule has 2 fully saturated rings. The summed E-state index contributed by atoms with van der Waals surface area (Å²) in [5.41, 5.74) is 8.37. The number of hydrogen-bond donors (Lipinski definition) is 2. The van der Waals surface area contributed by atoms with E-state index in [1.807, 2.05) is 4.90 Å². The van der Waals surface area contributed by atoms with Crippen molar-refractivity contribution in [3.63, 3.8) is 0 Å². The summed E-state index contributed by atoms with van der Waals surface area (Å²) < 4.78 is 56.0. The van der Waals surface area contributed by atoms with Crippen molar-refractivity contribution < 1.29 is 22.0 Å². The maximum Gasteiger partial charge on any atom is 0.274 e. The predicted octanol–water partition coefficient (Wildman–Crippen LogP) is 3.39. The number of carbonyl (C=O) groups is 1. The molecule has 2 bridgehead atoms. The van der Waals surface area contributed by atoms with Crippen LogP contribution in [-0.4, -0.2) is 72.6 Å². The number of nitrogens with one attached hydrogen (secondary N) is 1. The molecule has 3 N–H and O–H groups in total. The predicted molar refractivity (Wildman–Crippen MR) is 150 cm³/mol. The van der Waals surface area contributed by atoms with Gasteiger partial charge in [0, 0.05) is 41.6 Å². The summed E-state index contributed by atoms with van der Waals surface area (Å²) >= 11 is 0. The summed E-state index contributed by atoms with van der Waals surface area (Å²) in [5.74, 6) is -2.00. The zero-order valence-corrected chi connectivity index (χ0v) is 23.6. The average Bonchev–Trinajstić information content (AvgIpc) is 3.71. The Morgan fingerprint density at radius 2 is 1.77 bits per heavy atom. The number of fused-ring (bicyclic) bond motifs is 3. The fourth-order valence-electron chi connectivity index (χ4n) is 6.49. The Labute approximate surface area is 243 Å². The summed E-state index contributed by atoms with van der Waals surface area (Å²) in [6.07, 6.45) is 7.99. The Balaban J connectivity index is 1.29. The van der Waals surface area contributed by atoms with Crippen molar-refractivity contribution in [1.82, 2.24) is 39.9 Å². The normalized spacial score (nSPS) is 20.2. The topological polar surface area (TPSA) is 165 Å². The van der Waals surface area contributed by atoms with Crippen molar-refractivity contribution in [2.24, 2.45) is 0 Å². The maximum atomic E-state index is 14.3. The number of rotatable bonds is 5. The van der Waals surface area contributed by atoms with Crippen LogP contribution in [0.2, 0.25) is 0 Å². The van der Waals surface area contributed by atoms with Crippen molar-refractivity contribution >= 4 is 27.2 Å². The van der Waals surface area contributed by atoms with Crippen LogP contribution in [0.1, 0.15) is 47.8 Å². The third-order valence-corrected chi connectivity index (χ3v) is 9.49. The minimum atomic E-state index is -3.82. The number of benzene rings is 1. The molecule has 1 amide bonds. The lowest BCUT2D eigenvalue weighted by atomic mass is 9.87. The van der Waals surface area contributed by atoms with Gasteiger partial charge in [-0.05, 0) is 43.9 Å². The van der Waals surface area contributed by atoms with Gasteiger partial charge in [-0.25, -0.2) is 22.2 Å². The summed E-state index contributed by atoms with van der Waals surface area (Å²) in [5, 5.41) is 14.3. The van der Waals surface area contributed by atoms with Crippen molar-refractivity contribution in [1.29, 1.82) is 0 Å². The molecule has 5 aromatic rings. The van der Waals surface area contributed by atoms with Crippen molar-refractivity contribution in [2.75, 3.05) is 12.0 Å². The molecule has 6 heterocycles. The molecule has 1 unspecified atom stereocenters. The first kappa shape index (κ1) is 27.1. The lowest BCUT2D eigenvalue weighted by molar-refractivity contribution is 0.0562. The number of amides is 1. The quantitative estimate of drug-likeness (QED) is 0.305. The lowest BCUT2D eigenvalue weighted by Crippen LogP contribution is -2.46. The van der Waals surface area contributed by atoms with Crippen LogP contribution in [0.4, 0.5) is 14.6 Å². The van der Waals surface area contributed by atoms with E-state index in [-0.39, 0.29) is 45.9 Å². The molecule has 3 atom stereocenters. The highest BCUT2D eigenvalue weighted by Crippen LogP contribution is 2.45. The number of piperidine rings is 1. The van der Waals surface area contributed by atoms with E-state index in [2.05, 4.69) is 25.5 Å². The number of pyridine rings is 1. The Morgan fingerprint density at radius 1 is 1.05 bits per heavy atom. The highest BCUT2D eigenvalue weighted by Gasteiger charge is 2.46. The second kappa shape index (κ2) is 9.90. The monoisotopic (exact) mass is 605 g/mol. The molecule has 15 heteroatoms. The second-order valence-corrected chi connectivity index (χ2v) is 12.9. The van der Waals surface area contributed by atoms with Gasteiger partial charge in [-0.2, -0.15) is 9.61 Å². The van der Waals surface area contributed by atoms with Gasteiger partial charge in [-0.1, -0.05) is 17.3 Å². The number of H-pyrrole nitrogens is 1. The SMILES string of the molecule is CS(=O)(=O)c1c(C2C[C@H]3CC[C@@H](C2)N3C(=O)c2cnn[nH]2)nc2c(-c3ccc(-c4c(F)cccc4F)nc3)cnn2c1N. The summed E-state index contributed by atoms with van der Waals surface area (Å²) in [6, 6.07) is 6.50. The Hall–Kier alpha value is -4.79. The second-order valence-electron chi connectivity index (χ2n) is 10.9. The van der Waals surface area contributed by atoms with E-state index in [9.17, 15) is 22.0 Å². The lowest BCUT2D eigenvalue weighted by Gasteiger charge is -2.39. The highest BCUT2D eigenvalue weighted by atomic mass is 32.2. The molecule has 4 aromatic heterocycles. The van der Waals surface area contributed by atoms with Gasteiger partial charge in [0.05, 0.1) is 29.3 Å². The van der Waals surface area contributed by atoms with E-state index >= 15 is 0 Å². The third kappa shape index (κ3) is 4.42. The molecule has 2 aliphatic heterocycles. The van der Waals surface area contributed by atoms with Gasteiger partial charge >= 0.3 is 0 Å². The molecule has 0 saturated carbocycles. The van der Waals surface area contributed by atoms with Crippen LogP contribution >= 0.6 is 0 Å². The number of halogens is 2. The molecule has 43 heavy (non-hydrogen) atoms. The molecule has 1 aromatic carbocycles. The van der Waals surface area contributed by atoms with Crippen molar-refractivity contribution in [3.8, 4) is 22.4 Å². The smallest absolute Gasteiger partial charge is 0.274 e. The first-order chi connectivity index (χ1) is 20.6. The van der Waals surface area contributed by atoms with Crippen molar-refractivity contribution in [2.45, 2.75) is 48.6 Å². The van der Waals surface area contributed by atoms with E-state index in [4.69, 9.17) is 10.7 Å². The molecule has 12 nitrogen and oxygen atoms in total. The van der Waals surface area contributed by atoms with Gasteiger partial charge in [-0.3, -0.25) is 14.9 Å². The van der Waals surface area contributed by atoms with Crippen LogP contribution in [0.5, 0.6) is 0 Å². The Bertz CT molecular complexity index is 1960. The molecule has 220 valence electrons. The van der Waals surface area contributed by atoms with E-state index in [1.54, 1.807) is 6.07 Å². The minimum Gasteiger partial charge on any atom is -0.382 e. The zero-order valence-electron chi connectivity index (χ0n) is 22.8. The number of aromatic nitrogens is 7. The van der Waals surface area contributed by atoms with Gasteiger partial charge in [0.2, 0.25) is 0 Å². The van der Waals surface area contributed by atoms with Gasteiger partial charge in [0.1, 0.15) is 28.0 Å². The van der Waals surface area contributed by atoms with Crippen LogP contribution < -0.4 is 5.73 Å². The van der Waals surface area contributed by atoms with Crippen molar-refractivity contribution in [3.05, 3.63) is 71.9 Å². The number of sulfone groups is 1. The zero-order chi connectivity index (χ0) is 30.0. The molecule has 0 spiro atoms. The maximum absolute atomic E-state index is 14.3. The fraction of sp³-hybridized carbons (Fsp3) is 0.286. The number of anilines is 1. The summed E-state index contributed by atoms with van der Waals surface area (Å²) in [6.45, 7) is 0. The first-order valence-corrected chi connectivity index (χ1v) is 15.5. The number of nitrogen functional groups attached to an aromatic ring is 1. The van der Waals surface area contributed by atoms with E-state index in [0.29, 0.717) is 41.0 Å². The minimum absolute atomic E-state index is 0.0684. The van der Waals surface area contributed by atoms with E-state index in [1.165, 1.54) is 35.2 Å². The van der Waals surface area contributed by atoms with Gasteiger partial charge in [-0.15, -0.1) is 5.10 Å². The number of nitrogens with zero attached hydrogens (tertiary/aromatic N) is 7. The van der Waals surface area contributed by atoms with Crippen LogP contribution in [0.15, 0.2) is 53.8 Å². The largest absolute Gasteiger partial charge is 0.382 e. The Morgan fingerprint density at radius 3 is 2.37 bits per heavy atom. The van der Waals surface area contributed by atoms with Crippen LogP contribution in [0.3, 0.4) is 0 Å². The average molecular weight is 606 g/mol. The molecule has 2 aliphatic rings. The summed E-state index contributed by atoms with van der Waals surface area (Å²) in [7, 11) is -3.82. The number of hydrogen-bond acceptors (Lipinski definition) is 9. The van der Waals surface area contributed by atoms with Crippen LogP contribution in [0.25, 0.3) is 28.0 Å². The number of carbonyl (C=O) groups excluding carboxylic acids is 1. The molecule has 2 saturated heterocycles. The molecule has 0 aliphatic carbocycles. The van der Waals surface area contributed by atoms with E-state index in [0.717, 1.165) is 31.2 Å². The standard InChI is InChI=1S/C28H25F2N9O3S/c1-43(41,42)25-24(15-9-16-6-7-17(10-15)38(16)28(40)22-13-33-37-36-22)35-27-18(12-34-39(27)26(25)31)14-5-8-21(32-11-14)23-19(29)3-2-4-20(23)30/h2-5,8,11-13,15-17H,6-7,9-10,31H2,1H3,(H,33,36,37)/t15?,16-,17+. The number of nitrogens with two attached hydrogens (primary N) is 1. The van der Waals surface area contributed by atoms with Crippen LogP contribution in [0, 0.1) is 11.6 Å².